The van der Waals surface area contributed by atoms with Gasteiger partial charge in [0.15, 0.2) is 0 Å². The van der Waals surface area contributed by atoms with Crippen molar-refractivity contribution in [3.63, 3.8) is 0 Å². The SMILES string of the molecule is O=C(N[C@H]1C=C(CO)[C@@H](O)C(O)[C@H]1O)OCc1ccccc1.S.S.S. The van der Waals surface area contributed by atoms with Gasteiger partial charge in [0, 0.05) is 0 Å². The van der Waals surface area contributed by atoms with Crippen LogP contribution >= 0.6 is 40.5 Å². The highest BCUT2D eigenvalue weighted by molar-refractivity contribution is 7.59. The zero-order chi connectivity index (χ0) is 16.1. The van der Waals surface area contributed by atoms with E-state index in [1.165, 1.54) is 6.08 Å². The summed E-state index contributed by atoms with van der Waals surface area (Å²) in [5.74, 6) is 0. The van der Waals surface area contributed by atoms with Gasteiger partial charge in [-0.1, -0.05) is 36.4 Å². The molecule has 10 heteroatoms. The third-order valence-electron chi connectivity index (χ3n) is 3.49. The summed E-state index contributed by atoms with van der Waals surface area (Å²) in [6.07, 6.45) is -3.71. The lowest BCUT2D eigenvalue weighted by Gasteiger charge is -2.34. The average molecular weight is 412 g/mol. The minimum absolute atomic E-state index is 0. The van der Waals surface area contributed by atoms with Gasteiger partial charge in [0.25, 0.3) is 0 Å². The highest BCUT2D eigenvalue weighted by Crippen LogP contribution is 2.20. The molecule has 0 aromatic heterocycles. The number of amides is 1. The molecule has 1 unspecified atom stereocenters. The van der Waals surface area contributed by atoms with Crippen molar-refractivity contribution in [3.8, 4) is 0 Å². The van der Waals surface area contributed by atoms with Crippen molar-refractivity contribution in [2.75, 3.05) is 6.61 Å². The van der Waals surface area contributed by atoms with Crippen LogP contribution < -0.4 is 5.32 Å². The second-order valence-electron chi connectivity index (χ2n) is 5.06. The summed E-state index contributed by atoms with van der Waals surface area (Å²) in [5, 5.41) is 40.7. The molecule has 0 bridgehead atoms. The first-order chi connectivity index (χ1) is 10.5. The van der Waals surface area contributed by atoms with Crippen LogP contribution in [-0.4, -0.2) is 57.5 Å². The molecule has 5 N–H and O–H groups in total. The number of ether oxygens (including phenoxy) is 1. The van der Waals surface area contributed by atoms with E-state index in [2.05, 4.69) is 5.32 Å². The zero-order valence-electron chi connectivity index (χ0n) is 13.3. The van der Waals surface area contributed by atoms with E-state index in [-0.39, 0.29) is 52.7 Å². The molecule has 0 aliphatic heterocycles. The molecule has 2 rings (SSSR count). The molecule has 0 saturated heterocycles. The van der Waals surface area contributed by atoms with E-state index in [0.717, 1.165) is 5.56 Å². The quantitative estimate of drug-likeness (QED) is 0.432. The number of rotatable bonds is 4. The van der Waals surface area contributed by atoms with Crippen LogP contribution in [0.5, 0.6) is 0 Å². The lowest BCUT2D eigenvalue weighted by molar-refractivity contribution is -0.0637. The van der Waals surface area contributed by atoms with Crippen molar-refractivity contribution >= 4 is 46.6 Å². The van der Waals surface area contributed by atoms with Gasteiger partial charge in [-0.25, -0.2) is 4.79 Å². The third kappa shape index (κ3) is 7.10. The van der Waals surface area contributed by atoms with Gasteiger partial charge in [0.05, 0.1) is 12.6 Å². The zero-order valence-corrected chi connectivity index (χ0v) is 16.3. The van der Waals surface area contributed by atoms with E-state index in [1.54, 1.807) is 12.1 Å². The average Bonchev–Trinajstić information content (AvgIpc) is 2.54. The largest absolute Gasteiger partial charge is 0.445 e. The molecule has 1 amide bonds. The standard InChI is InChI=1S/C15H19NO6.3H2S/c17-7-10-6-11(13(19)14(20)12(10)18)16-15(21)22-8-9-4-2-1-3-5-9;;;/h1-6,11-14,17-20H,7-8H2,(H,16,21);3*1H2/t11-,12+,13-,14?;;;/m0.../s1. The second-order valence-corrected chi connectivity index (χ2v) is 5.06. The number of hydrogen-bond donors (Lipinski definition) is 5. The molecule has 1 aromatic carbocycles. The second kappa shape index (κ2) is 12.5. The molecular formula is C15H25NO6S3. The lowest BCUT2D eigenvalue weighted by Crippen LogP contribution is -2.55. The fraction of sp³-hybridized carbons (Fsp3) is 0.400. The number of hydrogen-bond acceptors (Lipinski definition) is 6. The number of carbonyl (C=O) groups is 1. The van der Waals surface area contributed by atoms with Crippen LogP contribution in [-0.2, 0) is 11.3 Å². The van der Waals surface area contributed by atoms with E-state index in [1.807, 2.05) is 18.2 Å². The van der Waals surface area contributed by atoms with Crippen molar-refractivity contribution in [2.45, 2.75) is 31.0 Å². The van der Waals surface area contributed by atoms with Gasteiger partial charge < -0.3 is 30.5 Å². The molecule has 0 spiro atoms. The Morgan fingerprint density at radius 2 is 1.64 bits per heavy atom. The Morgan fingerprint density at radius 3 is 2.20 bits per heavy atom. The van der Waals surface area contributed by atoms with Crippen LogP contribution in [0.2, 0.25) is 0 Å². The molecule has 1 aliphatic rings. The van der Waals surface area contributed by atoms with Gasteiger partial charge in [-0.2, -0.15) is 40.5 Å². The summed E-state index contributed by atoms with van der Waals surface area (Å²) in [6, 6.07) is 8.11. The van der Waals surface area contributed by atoms with Crippen molar-refractivity contribution in [1.29, 1.82) is 0 Å². The smallest absolute Gasteiger partial charge is 0.408 e. The third-order valence-corrected chi connectivity index (χ3v) is 3.49. The van der Waals surface area contributed by atoms with Crippen LogP contribution in [0.1, 0.15) is 5.56 Å². The lowest BCUT2D eigenvalue weighted by atomic mass is 9.88. The topological polar surface area (TPSA) is 119 Å². The van der Waals surface area contributed by atoms with E-state index >= 15 is 0 Å². The Labute approximate surface area is 167 Å². The predicted molar refractivity (Wildman–Crippen MR) is 108 cm³/mol. The van der Waals surface area contributed by atoms with E-state index in [9.17, 15) is 20.1 Å². The molecule has 1 aliphatic carbocycles. The van der Waals surface area contributed by atoms with E-state index < -0.39 is 37.1 Å². The summed E-state index contributed by atoms with van der Waals surface area (Å²) in [7, 11) is 0. The molecule has 7 nitrogen and oxygen atoms in total. The predicted octanol–water partition coefficient (Wildman–Crippen LogP) is -0.365. The molecule has 0 fully saturated rings. The van der Waals surface area contributed by atoms with Gasteiger partial charge in [-0.3, -0.25) is 0 Å². The first-order valence-corrected chi connectivity index (χ1v) is 6.85. The van der Waals surface area contributed by atoms with Crippen molar-refractivity contribution in [3.05, 3.63) is 47.5 Å². The number of benzene rings is 1. The van der Waals surface area contributed by atoms with E-state index in [4.69, 9.17) is 9.84 Å². The normalized spacial score (nSPS) is 24.6. The van der Waals surface area contributed by atoms with E-state index in [0.29, 0.717) is 0 Å². The Bertz CT molecular complexity index is 545. The van der Waals surface area contributed by atoms with Crippen LogP contribution in [0.15, 0.2) is 42.0 Å². The fourth-order valence-electron chi connectivity index (χ4n) is 2.22. The van der Waals surface area contributed by atoms with Crippen molar-refractivity contribution in [1.82, 2.24) is 5.32 Å². The fourth-order valence-corrected chi connectivity index (χ4v) is 2.22. The molecule has 25 heavy (non-hydrogen) atoms. The Morgan fingerprint density at radius 1 is 1.04 bits per heavy atom. The van der Waals surface area contributed by atoms with Gasteiger partial charge >= 0.3 is 6.09 Å². The molecule has 4 atom stereocenters. The van der Waals surface area contributed by atoms with Crippen molar-refractivity contribution < 1.29 is 30.0 Å². The Balaban J connectivity index is 0. The van der Waals surface area contributed by atoms with Crippen LogP contribution in [0.3, 0.4) is 0 Å². The summed E-state index contributed by atoms with van der Waals surface area (Å²) in [6.45, 7) is -0.417. The molecular weight excluding hydrogens is 386 g/mol. The van der Waals surface area contributed by atoms with Gasteiger partial charge in [-0.15, -0.1) is 0 Å². The Hall–Kier alpha value is -0.880. The number of aliphatic hydroxyl groups excluding tert-OH is 4. The summed E-state index contributed by atoms with van der Waals surface area (Å²) < 4.78 is 5.01. The summed E-state index contributed by atoms with van der Waals surface area (Å²) in [5.41, 5.74) is 0.940. The maximum absolute atomic E-state index is 11.7. The van der Waals surface area contributed by atoms with Crippen LogP contribution in [0.4, 0.5) is 4.79 Å². The van der Waals surface area contributed by atoms with Gasteiger partial charge in [-0.05, 0) is 11.1 Å². The molecule has 144 valence electrons. The number of nitrogens with one attached hydrogen (secondary N) is 1. The highest BCUT2D eigenvalue weighted by Gasteiger charge is 2.37. The van der Waals surface area contributed by atoms with Gasteiger partial charge in [0.1, 0.15) is 24.9 Å². The minimum atomic E-state index is -1.49. The summed E-state index contributed by atoms with van der Waals surface area (Å²) in [4.78, 5) is 11.7. The maximum atomic E-state index is 11.7. The van der Waals surface area contributed by atoms with Gasteiger partial charge in [0.2, 0.25) is 0 Å². The number of carbonyl (C=O) groups excluding carboxylic acids is 1. The minimum Gasteiger partial charge on any atom is -0.445 e. The first kappa shape index (κ1) is 26.4. The first-order valence-electron chi connectivity index (χ1n) is 6.85. The number of aliphatic hydroxyl groups is 4. The monoisotopic (exact) mass is 411 g/mol. The highest BCUT2D eigenvalue weighted by atomic mass is 32.1. The maximum Gasteiger partial charge on any atom is 0.408 e. The van der Waals surface area contributed by atoms with Crippen molar-refractivity contribution in [2.24, 2.45) is 0 Å². The van der Waals surface area contributed by atoms with Crippen LogP contribution in [0, 0.1) is 0 Å². The molecule has 0 radical (unpaired) electrons. The molecule has 0 heterocycles. The van der Waals surface area contributed by atoms with Crippen LogP contribution in [0.25, 0.3) is 0 Å². The Kier molecular flexibility index (Phi) is 13.1. The molecule has 1 aromatic rings. The summed E-state index contributed by atoms with van der Waals surface area (Å²) >= 11 is 0. The number of alkyl carbamates (subject to hydrolysis) is 1. The molecule has 0 saturated carbocycles.